The molecule has 0 saturated heterocycles. The Morgan fingerprint density at radius 1 is 1.06 bits per heavy atom. The van der Waals surface area contributed by atoms with Crippen LogP contribution in [0.25, 0.3) is 0 Å². The number of hydrogen-bond acceptors (Lipinski definition) is 6. The molecule has 6 heteroatoms. The van der Waals surface area contributed by atoms with E-state index in [9.17, 15) is 14.4 Å². The molecule has 0 spiro atoms. The van der Waals surface area contributed by atoms with Crippen molar-refractivity contribution in [1.29, 1.82) is 0 Å². The number of carbonyl (C=O) groups excluding carboxylic acids is 3. The molecule has 0 amide bonds. The summed E-state index contributed by atoms with van der Waals surface area (Å²) in [5.74, 6) is -3.72. The first-order chi connectivity index (χ1) is 8.36. The van der Waals surface area contributed by atoms with Crippen molar-refractivity contribution in [2.24, 2.45) is 11.8 Å². The van der Waals surface area contributed by atoms with Gasteiger partial charge in [0.05, 0.1) is 13.2 Å². The minimum Gasteiger partial charge on any atom is -0.465 e. The lowest BCUT2D eigenvalue weighted by molar-refractivity contribution is -0.157. The summed E-state index contributed by atoms with van der Waals surface area (Å²) >= 11 is 5.03. The molecule has 0 fully saturated rings. The van der Waals surface area contributed by atoms with Crippen LogP contribution in [0.1, 0.15) is 27.7 Å². The molecule has 0 aliphatic heterocycles. The average molecular weight is 274 g/mol. The number of carbonyl (C=O) groups is 3. The summed E-state index contributed by atoms with van der Waals surface area (Å²) in [6.07, 6.45) is 0. The fourth-order valence-electron chi connectivity index (χ4n) is 1.23. The van der Waals surface area contributed by atoms with E-state index in [1.54, 1.807) is 20.8 Å². The number of hydrogen-bond donors (Lipinski definition) is 0. The van der Waals surface area contributed by atoms with Gasteiger partial charge in [-0.1, -0.05) is 19.1 Å². The predicted molar refractivity (Wildman–Crippen MR) is 69.2 cm³/mol. The third-order valence-electron chi connectivity index (χ3n) is 2.37. The highest BCUT2D eigenvalue weighted by Crippen LogP contribution is 2.15. The zero-order valence-electron chi connectivity index (χ0n) is 11.0. The largest absolute Gasteiger partial charge is 0.465 e. The van der Waals surface area contributed by atoms with E-state index in [1.807, 2.05) is 0 Å². The second kappa shape index (κ2) is 7.92. The topological polar surface area (TPSA) is 69.7 Å². The van der Waals surface area contributed by atoms with Crippen LogP contribution in [0, 0.1) is 11.8 Å². The van der Waals surface area contributed by atoms with Crippen LogP contribution in [-0.2, 0) is 23.9 Å². The van der Waals surface area contributed by atoms with Gasteiger partial charge in [0, 0.05) is 10.8 Å². The summed E-state index contributed by atoms with van der Waals surface area (Å²) in [4.78, 5) is 34.7. The SMILES string of the molecule is CCOC(=O)C(C(=O)OCC)C(=S)C(C)C(C)=O. The molecule has 0 heterocycles. The van der Waals surface area contributed by atoms with Crippen LogP contribution in [0.5, 0.6) is 0 Å². The highest BCUT2D eigenvalue weighted by atomic mass is 32.1. The number of ketones is 1. The lowest BCUT2D eigenvalue weighted by Crippen LogP contribution is -2.38. The Hall–Kier alpha value is -1.30. The van der Waals surface area contributed by atoms with Gasteiger partial charge in [-0.3, -0.25) is 14.4 Å². The molecule has 18 heavy (non-hydrogen) atoms. The van der Waals surface area contributed by atoms with Crippen LogP contribution in [0.4, 0.5) is 0 Å². The van der Waals surface area contributed by atoms with E-state index in [0.717, 1.165) is 0 Å². The van der Waals surface area contributed by atoms with Gasteiger partial charge in [-0.15, -0.1) is 0 Å². The number of thiocarbonyl (C=S) groups is 1. The molecule has 5 nitrogen and oxygen atoms in total. The fraction of sp³-hybridized carbons (Fsp3) is 0.667. The molecule has 0 aromatic rings. The second-order valence-electron chi connectivity index (χ2n) is 3.67. The molecule has 1 atom stereocenters. The van der Waals surface area contributed by atoms with Crippen LogP contribution in [0.2, 0.25) is 0 Å². The Bertz CT molecular complexity index is 332. The third-order valence-corrected chi connectivity index (χ3v) is 2.95. The van der Waals surface area contributed by atoms with Crippen molar-refractivity contribution in [3.63, 3.8) is 0 Å². The monoisotopic (exact) mass is 274 g/mol. The Balaban J connectivity index is 5.08. The normalized spacial score (nSPS) is 11.8. The molecule has 0 aromatic heterocycles. The minimum absolute atomic E-state index is 0.0411. The molecular weight excluding hydrogens is 256 g/mol. The van der Waals surface area contributed by atoms with Crippen LogP contribution in [0.3, 0.4) is 0 Å². The van der Waals surface area contributed by atoms with Crippen LogP contribution in [0.15, 0.2) is 0 Å². The van der Waals surface area contributed by atoms with E-state index < -0.39 is 23.8 Å². The summed E-state index contributed by atoms with van der Waals surface area (Å²) < 4.78 is 9.57. The molecule has 0 aliphatic rings. The number of Topliss-reactive ketones (excluding diaryl/α,β-unsaturated/α-hetero) is 1. The highest BCUT2D eigenvalue weighted by molar-refractivity contribution is 7.80. The maximum atomic E-state index is 11.7. The summed E-state index contributed by atoms with van der Waals surface area (Å²) in [5.41, 5.74) is 0. The van der Waals surface area contributed by atoms with Gasteiger partial charge < -0.3 is 9.47 Å². The van der Waals surface area contributed by atoms with Crippen molar-refractivity contribution in [1.82, 2.24) is 0 Å². The molecule has 0 aromatic carbocycles. The van der Waals surface area contributed by atoms with Gasteiger partial charge in [-0.05, 0) is 20.8 Å². The quantitative estimate of drug-likeness (QED) is 0.396. The Labute approximate surface area is 112 Å². The molecule has 0 N–H and O–H groups in total. The molecule has 0 bridgehead atoms. The fourth-order valence-corrected chi connectivity index (χ4v) is 1.59. The standard InChI is InChI=1S/C12H18O5S/c1-5-16-11(14)9(12(15)17-6-2)10(18)7(3)8(4)13/h7,9H,5-6H2,1-4H3. The number of rotatable bonds is 7. The van der Waals surface area contributed by atoms with Crippen LogP contribution in [-0.4, -0.2) is 35.8 Å². The molecule has 0 aliphatic carbocycles. The first-order valence-electron chi connectivity index (χ1n) is 5.74. The van der Waals surface area contributed by atoms with Crippen molar-refractivity contribution in [2.45, 2.75) is 27.7 Å². The van der Waals surface area contributed by atoms with Gasteiger partial charge in [-0.25, -0.2) is 0 Å². The number of ether oxygens (including phenoxy) is 2. The first kappa shape index (κ1) is 16.7. The van der Waals surface area contributed by atoms with Gasteiger partial charge in [0.25, 0.3) is 0 Å². The lowest BCUT2D eigenvalue weighted by Gasteiger charge is -2.18. The maximum Gasteiger partial charge on any atom is 0.325 e. The van der Waals surface area contributed by atoms with E-state index in [0.29, 0.717) is 0 Å². The zero-order chi connectivity index (χ0) is 14.3. The maximum absolute atomic E-state index is 11.7. The van der Waals surface area contributed by atoms with Crippen molar-refractivity contribution >= 4 is 34.8 Å². The van der Waals surface area contributed by atoms with Gasteiger partial charge >= 0.3 is 11.9 Å². The predicted octanol–water partition coefficient (Wildman–Crippen LogP) is 1.32. The summed E-state index contributed by atoms with van der Waals surface area (Å²) in [5, 5.41) is 0. The third kappa shape index (κ3) is 4.52. The highest BCUT2D eigenvalue weighted by Gasteiger charge is 2.37. The van der Waals surface area contributed by atoms with Crippen LogP contribution >= 0.6 is 12.2 Å². The molecule has 102 valence electrons. The van der Waals surface area contributed by atoms with E-state index >= 15 is 0 Å². The van der Waals surface area contributed by atoms with Crippen molar-refractivity contribution < 1.29 is 23.9 Å². The minimum atomic E-state index is -1.31. The molecule has 0 rings (SSSR count). The molecular formula is C12H18O5S. The Kier molecular flexibility index (Phi) is 7.35. The van der Waals surface area contributed by atoms with E-state index in [2.05, 4.69) is 0 Å². The molecule has 1 unspecified atom stereocenters. The lowest BCUT2D eigenvalue weighted by atomic mass is 9.93. The Morgan fingerprint density at radius 3 is 1.72 bits per heavy atom. The summed E-state index contributed by atoms with van der Waals surface area (Å²) in [6, 6.07) is 0. The van der Waals surface area contributed by atoms with E-state index in [-0.39, 0.29) is 23.9 Å². The second-order valence-corrected chi connectivity index (χ2v) is 4.14. The zero-order valence-corrected chi connectivity index (χ0v) is 11.8. The Morgan fingerprint density at radius 2 is 1.44 bits per heavy atom. The van der Waals surface area contributed by atoms with Crippen molar-refractivity contribution in [3.05, 3.63) is 0 Å². The van der Waals surface area contributed by atoms with Gasteiger partial charge in [0.2, 0.25) is 0 Å². The van der Waals surface area contributed by atoms with Gasteiger partial charge in [0.15, 0.2) is 5.92 Å². The van der Waals surface area contributed by atoms with E-state index in [1.165, 1.54) is 6.92 Å². The smallest absolute Gasteiger partial charge is 0.325 e. The van der Waals surface area contributed by atoms with E-state index in [4.69, 9.17) is 21.7 Å². The number of esters is 2. The molecule has 0 saturated carbocycles. The first-order valence-corrected chi connectivity index (χ1v) is 6.15. The van der Waals surface area contributed by atoms with Crippen LogP contribution < -0.4 is 0 Å². The summed E-state index contributed by atoms with van der Waals surface area (Å²) in [7, 11) is 0. The molecule has 0 radical (unpaired) electrons. The average Bonchev–Trinajstić information content (AvgIpc) is 2.28. The van der Waals surface area contributed by atoms with Gasteiger partial charge in [-0.2, -0.15) is 0 Å². The van der Waals surface area contributed by atoms with Gasteiger partial charge in [0.1, 0.15) is 5.78 Å². The van der Waals surface area contributed by atoms with Crippen molar-refractivity contribution in [2.75, 3.05) is 13.2 Å². The van der Waals surface area contributed by atoms with Crippen molar-refractivity contribution in [3.8, 4) is 0 Å². The summed E-state index contributed by atoms with van der Waals surface area (Å²) in [6.45, 7) is 6.41.